The Balaban J connectivity index is 1.95. The highest BCUT2D eigenvalue weighted by Crippen LogP contribution is 2.15. The van der Waals surface area contributed by atoms with Crippen LogP contribution in [0.25, 0.3) is 0 Å². The lowest BCUT2D eigenvalue weighted by molar-refractivity contribution is -0.114. The molecule has 2 aromatic rings. The van der Waals surface area contributed by atoms with Gasteiger partial charge in [-0.25, -0.2) is 0 Å². The zero-order valence-electron chi connectivity index (χ0n) is 11.8. The molecule has 0 aliphatic carbocycles. The van der Waals surface area contributed by atoms with Gasteiger partial charge < -0.3 is 16.0 Å². The van der Waals surface area contributed by atoms with Crippen molar-refractivity contribution in [1.29, 1.82) is 0 Å². The number of benzene rings is 2. The average Bonchev–Trinajstić information content (AvgIpc) is 2.39. The number of amides is 1. The summed E-state index contributed by atoms with van der Waals surface area (Å²) in [6, 6.07) is 15.2. The van der Waals surface area contributed by atoms with Gasteiger partial charge in [0.1, 0.15) is 0 Å². The highest BCUT2D eigenvalue weighted by Gasteiger charge is 2.07. The van der Waals surface area contributed by atoms with E-state index in [1.807, 2.05) is 67.4 Å². The predicted octanol–water partition coefficient (Wildman–Crippen LogP) is 2.65. The molecule has 0 heterocycles. The summed E-state index contributed by atoms with van der Waals surface area (Å²) in [6.07, 6.45) is 0. The van der Waals surface area contributed by atoms with Crippen molar-refractivity contribution in [3.8, 4) is 0 Å². The normalized spacial score (nSPS) is 10.1. The smallest absolute Gasteiger partial charge is 0.243 e. The molecule has 0 aliphatic heterocycles. The summed E-state index contributed by atoms with van der Waals surface area (Å²) < 4.78 is 0. The third-order valence-corrected chi connectivity index (χ3v) is 3.02. The number of nitrogen functional groups attached to an aromatic ring is 1. The van der Waals surface area contributed by atoms with Gasteiger partial charge in [0, 0.05) is 24.1 Å². The molecule has 0 bridgehead atoms. The molecule has 20 heavy (non-hydrogen) atoms. The molecule has 0 saturated carbocycles. The molecular formula is C16H19N3O. The van der Waals surface area contributed by atoms with E-state index in [1.54, 1.807) is 0 Å². The van der Waals surface area contributed by atoms with E-state index >= 15 is 0 Å². The van der Waals surface area contributed by atoms with Crippen molar-refractivity contribution in [2.24, 2.45) is 0 Å². The number of nitrogens with two attached hydrogens (primary N) is 1. The second-order valence-corrected chi connectivity index (χ2v) is 4.87. The van der Waals surface area contributed by atoms with Gasteiger partial charge in [-0.2, -0.15) is 0 Å². The van der Waals surface area contributed by atoms with E-state index in [1.165, 1.54) is 0 Å². The Morgan fingerprint density at radius 1 is 1.20 bits per heavy atom. The number of nitrogens with one attached hydrogen (secondary N) is 1. The number of rotatable bonds is 4. The van der Waals surface area contributed by atoms with E-state index in [9.17, 15) is 4.79 Å². The van der Waals surface area contributed by atoms with Crippen molar-refractivity contribution in [2.75, 3.05) is 29.5 Å². The van der Waals surface area contributed by atoms with Gasteiger partial charge in [0.25, 0.3) is 0 Å². The summed E-state index contributed by atoms with van der Waals surface area (Å²) in [4.78, 5) is 13.9. The molecule has 0 unspecified atom stereocenters. The number of anilines is 3. The molecule has 2 aromatic carbocycles. The molecule has 0 fully saturated rings. The van der Waals surface area contributed by atoms with Crippen LogP contribution in [-0.2, 0) is 4.79 Å². The minimum atomic E-state index is -0.0464. The molecule has 0 radical (unpaired) electrons. The topological polar surface area (TPSA) is 58.4 Å². The molecule has 0 aliphatic rings. The van der Waals surface area contributed by atoms with E-state index < -0.39 is 0 Å². The van der Waals surface area contributed by atoms with E-state index in [4.69, 9.17) is 5.73 Å². The Bertz CT molecular complexity index is 593. The highest BCUT2D eigenvalue weighted by molar-refractivity contribution is 5.94. The van der Waals surface area contributed by atoms with Gasteiger partial charge in [-0.05, 0) is 48.9 Å². The van der Waals surface area contributed by atoms with Gasteiger partial charge in [-0.1, -0.05) is 12.1 Å². The van der Waals surface area contributed by atoms with Crippen LogP contribution in [0.3, 0.4) is 0 Å². The molecule has 104 valence electrons. The molecular weight excluding hydrogens is 250 g/mol. The SMILES string of the molecule is Cc1cccc(NC(=O)CN(C)c2ccc(N)cc2)c1. The number of hydrogen-bond donors (Lipinski definition) is 2. The van der Waals surface area contributed by atoms with Crippen LogP contribution < -0.4 is 16.0 Å². The average molecular weight is 269 g/mol. The second kappa shape index (κ2) is 6.10. The van der Waals surface area contributed by atoms with Crippen molar-refractivity contribution in [3.05, 3.63) is 54.1 Å². The maximum Gasteiger partial charge on any atom is 0.243 e. The number of hydrogen-bond acceptors (Lipinski definition) is 3. The molecule has 0 spiro atoms. The standard InChI is InChI=1S/C16H19N3O/c1-12-4-3-5-14(10-12)18-16(20)11-19(2)15-8-6-13(17)7-9-15/h3-10H,11,17H2,1-2H3,(H,18,20). The van der Waals surface area contributed by atoms with Crippen molar-refractivity contribution in [1.82, 2.24) is 0 Å². The van der Waals surface area contributed by atoms with Crippen molar-refractivity contribution >= 4 is 23.0 Å². The Kier molecular flexibility index (Phi) is 4.25. The maximum absolute atomic E-state index is 12.0. The lowest BCUT2D eigenvalue weighted by Crippen LogP contribution is -2.30. The summed E-state index contributed by atoms with van der Waals surface area (Å²) in [5.41, 5.74) is 9.26. The summed E-state index contributed by atoms with van der Waals surface area (Å²) in [7, 11) is 1.88. The van der Waals surface area contributed by atoms with Crippen LogP contribution in [0.4, 0.5) is 17.1 Å². The summed E-state index contributed by atoms with van der Waals surface area (Å²) >= 11 is 0. The van der Waals surface area contributed by atoms with Gasteiger partial charge in [0.05, 0.1) is 6.54 Å². The third kappa shape index (κ3) is 3.75. The zero-order chi connectivity index (χ0) is 14.5. The quantitative estimate of drug-likeness (QED) is 0.839. The van der Waals surface area contributed by atoms with Crippen LogP contribution in [0.1, 0.15) is 5.56 Å². The van der Waals surface area contributed by atoms with Crippen LogP contribution >= 0.6 is 0 Å². The molecule has 2 rings (SSSR count). The lowest BCUT2D eigenvalue weighted by Gasteiger charge is -2.19. The lowest BCUT2D eigenvalue weighted by atomic mass is 10.2. The number of likely N-dealkylation sites (N-methyl/N-ethyl adjacent to an activating group) is 1. The summed E-state index contributed by atoms with van der Waals surface area (Å²) in [6.45, 7) is 2.29. The first-order valence-corrected chi connectivity index (χ1v) is 6.48. The van der Waals surface area contributed by atoms with E-state index in [-0.39, 0.29) is 12.5 Å². The van der Waals surface area contributed by atoms with Gasteiger partial charge in [0.2, 0.25) is 5.91 Å². The first-order valence-electron chi connectivity index (χ1n) is 6.48. The monoisotopic (exact) mass is 269 g/mol. The van der Waals surface area contributed by atoms with Gasteiger partial charge >= 0.3 is 0 Å². The summed E-state index contributed by atoms with van der Waals surface area (Å²) in [5, 5.41) is 2.89. The fourth-order valence-electron chi connectivity index (χ4n) is 1.96. The largest absolute Gasteiger partial charge is 0.399 e. The van der Waals surface area contributed by atoms with Crippen LogP contribution in [0, 0.1) is 6.92 Å². The van der Waals surface area contributed by atoms with E-state index in [2.05, 4.69) is 5.32 Å². The van der Waals surface area contributed by atoms with Gasteiger partial charge in [-0.3, -0.25) is 4.79 Å². The fraction of sp³-hybridized carbons (Fsp3) is 0.188. The minimum absolute atomic E-state index is 0.0464. The van der Waals surface area contributed by atoms with Crippen LogP contribution in [0.5, 0.6) is 0 Å². The summed E-state index contributed by atoms with van der Waals surface area (Å²) in [5.74, 6) is -0.0464. The molecule has 3 N–H and O–H groups in total. The van der Waals surface area contributed by atoms with Crippen LogP contribution in [-0.4, -0.2) is 19.5 Å². The Morgan fingerprint density at radius 3 is 2.55 bits per heavy atom. The first kappa shape index (κ1) is 13.9. The Hall–Kier alpha value is -2.49. The van der Waals surface area contributed by atoms with E-state index in [0.29, 0.717) is 5.69 Å². The predicted molar refractivity (Wildman–Crippen MR) is 83.9 cm³/mol. The van der Waals surface area contributed by atoms with Crippen LogP contribution in [0.2, 0.25) is 0 Å². The molecule has 0 saturated heterocycles. The van der Waals surface area contributed by atoms with Gasteiger partial charge in [0.15, 0.2) is 0 Å². The molecule has 4 heteroatoms. The van der Waals surface area contributed by atoms with E-state index in [0.717, 1.165) is 16.9 Å². The molecule has 1 amide bonds. The van der Waals surface area contributed by atoms with Crippen molar-refractivity contribution < 1.29 is 4.79 Å². The number of nitrogens with zero attached hydrogens (tertiary/aromatic N) is 1. The maximum atomic E-state index is 12.0. The molecule has 4 nitrogen and oxygen atoms in total. The van der Waals surface area contributed by atoms with Gasteiger partial charge in [-0.15, -0.1) is 0 Å². The Morgan fingerprint density at radius 2 is 1.90 bits per heavy atom. The second-order valence-electron chi connectivity index (χ2n) is 4.87. The zero-order valence-corrected chi connectivity index (χ0v) is 11.8. The van der Waals surface area contributed by atoms with Crippen molar-refractivity contribution in [2.45, 2.75) is 6.92 Å². The number of aryl methyl sites for hydroxylation is 1. The highest BCUT2D eigenvalue weighted by atomic mass is 16.2. The third-order valence-electron chi connectivity index (χ3n) is 3.02. The van der Waals surface area contributed by atoms with Crippen LogP contribution in [0.15, 0.2) is 48.5 Å². The minimum Gasteiger partial charge on any atom is -0.399 e. The van der Waals surface area contributed by atoms with Crippen molar-refractivity contribution in [3.63, 3.8) is 0 Å². The number of carbonyl (C=O) groups excluding carboxylic acids is 1. The fourth-order valence-corrected chi connectivity index (χ4v) is 1.96. The number of carbonyl (C=O) groups is 1. The molecule has 0 atom stereocenters. The molecule has 0 aromatic heterocycles. The first-order chi connectivity index (χ1) is 9.54. The Labute approximate surface area is 119 Å².